The summed E-state index contributed by atoms with van der Waals surface area (Å²) in [6.07, 6.45) is 72.3. The normalized spacial score (nSPS) is 13.0. The van der Waals surface area contributed by atoms with Gasteiger partial charge in [0.05, 0.1) is 0 Å². The summed E-state index contributed by atoms with van der Waals surface area (Å²) in [6.45, 7) is 6.30. The molecule has 0 N–H and O–H groups in total. The van der Waals surface area contributed by atoms with Crippen LogP contribution in [0.1, 0.15) is 233 Å². The molecule has 0 amide bonds. The highest BCUT2D eigenvalue weighted by Gasteiger charge is 2.19. The summed E-state index contributed by atoms with van der Waals surface area (Å²) in [6, 6.07) is 0. The molecule has 0 heterocycles. The summed E-state index contributed by atoms with van der Waals surface area (Å²) in [5.74, 6) is -1.01. The van der Waals surface area contributed by atoms with Gasteiger partial charge in [0.1, 0.15) is 13.2 Å². The van der Waals surface area contributed by atoms with Crippen LogP contribution in [0.4, 0.5) is 0 Å². The fourth-order valence-corrected chi connectivity index (χ4v) is 7.14. The van der Waals surface area contributed by atoms with Gasteiger partial charge in [-0.15, -0.1) is 0 Å². The van der Waals surface area contributed by atoms with Crippen molar-refractivity contribution in [1.29, 1.82) is 0 Å². The highest BCUT2D eigenvalue weighted by atomic mass is 16.6. The van der Waals surface area contributed by atoms with Gasteiger partial charge in [-0.25, -0.2) is 0 Å². The lowest BCUT2D eigenvalue weighted by Gasteiger charge is -2.18. The summed E-state index contributed by atoms with van der Waals surface area (Å²) >= 11 is 0. The van der Waals surface area contributed by atoms with E-state index in [2.05, 4.69) is 93.7 Å². The van der Waals surface area contributed by atoms with Crippen molar-refractivity contribution in [3.8, 4) is 0 Å². The molecule has 374 valence electrons. The Bertz CT molecular complexity index is 1370. The standard InChI is InChI=1S/C60H98O6/c1-4-7-10-13-16-19-22-25-27-29-31-32-35-38-41-44-47-50-53-59(62)65-56-57(55-64-58(61)52-49-46-43-40-37-34-24-21-18-15-12-9-6-3)66-60(63)54-51-48-45-42-39-36-33-30-28-26-23-20-17-14-11-8-5-2/h8-9,11-12,15,17-18,20-21,24,26,28,33-34,36-37,42,45,57H,4-7,10,13-14,16,19,22-23,25,27,29-32,35,38-41,43-44,46-56H2,1-3H3/b11-8-,12-9-,18-15-,20-17-,24-21-,28-26-,36-33-,37-34-,45-42-. The number of ether oxygens (including phenoxy) is 3. The first kappa shape index (κ1) is 62.1. The zero-order valence-corrected chi connectivity index (χ0v) is 42.7. The van der Waals surface area contributed by atoms with E-state index in [0.717, 1.165) is 89.9 Å². The van der Waals surface area contributed by atoms with Crippen molar-refractivity contribution >= 4 is 17.9 Å². The molecule has 0 saturated heterocycles. The van der Waals surface area contributed by atoms with Gasteiger partial charge in [-0.3, -0.25) is 14.4 Å². The molecular formula is C60H98O6. The third kappa shape index (κ3) is 51.1. The number of carbonyl (C=O) groups is 3. The van der Waals surface area contributed by atoms with E-state index < -0.39 is 6.10 Å². The minimum Gasteiger partial charge on any atom is -0.462 e. The maximum atomic E-state index is 12.8. The van der Waals surface area contributed by atoms with Crippen molar-refractivity contribution in [3.05, 3.63) is 109 Å². The first-order chi connectivity index (χ1) is 32.5. The molecule has 0 aliphatic carbocycles. The van der Waals surface area contributed by atoms with Crippen molar-refractivity contribution < 1.29 is 28.6 Å². The number of hydrogen-bond donors (Lipinski definition) is 0. The summed E-state index contributed by atoms with van der Waals surface area (Å²) < 4.78 is 16.7. The molecule has 1 unspecified atom stereocenters. The van der Waals surface area contributed by atoms with E-state index in [0.29, 0.717) is 19.3 Å². The molecule has 0 aliphatic heterocycles. The Hall–Kier alpha value is -3.93. The van der Waals surface area contributed by atoms with Gasteiger partial charge < -0.3 is 14.2 Å². The molecule has 0 bridgehead atoms. The number of rotatable bonds is 47. The van der Waals surface area contributed by atoms with Crippen molar-refractivity contribution in [2.45, 2.75) is 239 Å². The summed E-state index contributed by atoms with van der Waals surface area (Å²) in [5, 5.41) is 0. The van der Waals surface area contributed by atoms with Gasteiger partial charge in [0.15, 0.2) is 6.10 Å². The van der Waals surface area contributed by atoms with E-state index in [1.807, 2.05) is 36.5 Å². The van der Waals surface area contributed by atoms with Crippen molar-refractivity contribution in [1.82, 2.24) is 0 Å². The van der Waals surface area contributed by atoms with E-state index in [1.165, 1.54) is 96.3 Å². The van der Waals surface area contributed by atoms with Gasteiger partial charge in [0.25, 0.3) is 0 Å². The molecule has 0 fully saturated rings. The molecule has 0 aliphatic rings. The molecule has 0 aromatic rings. The Morgan fingerprint density at radius 3 is 1.14 bits per heavy atom. The third-order valence-electron chi connectivity index (χ3n) is 11.1. The molecule has 66 heavy (non-hydrogen) atoms. The topological polar surface area (TPSA) is 78.9 Å². The van der Waals surface area contributed by atoms with E-state index in [1.54, 1.807) is 0 Å². The van der Waals surface area contributed by atoms with Crippen molar-refractivity contribution in [2.24, 2.45) is 0 Å². The van der Waals surface area contributed by atoms with Crippen molar-refractivity contribution in [2.75, 3.05) is 13.2 Å². The van der Waals surface area contributed by atoms with E-state index >= 15 is 0 Å². The Morgan fingerprint density at radius 2 is 0.682 bits per heavy atom. The monoisotopic (exact) mass is 915 g/mol. The second kappa shape index (κ2) is 53.7. The van der Waals surface area contributed by atoms with Crippen LogP contribution in [0.3, 0.4) is 0 Å². The van der Waals surface area contributed by atoms with Crippen LogP contribution in [0.5, 0.6) is 0 Å². The Morgan fingerprint density at radius 1 is 0.333 bits per heavy atom. The Labute approximate surface area is 406 Å². The van der Waals surface area contributed by atoms with Gasteiger partial charge in [0, 0.05) is 19.3 Å². The number of carbonyl (C=O) groups excluding carboxylic acids is 3. The fraction of sp³-hybridized carbons (Fsp3) is 0.650. The fourth-order valence-electron chi connectivity index (χ4n) is 7.14. The lowest BCUT2D eigenvalue weighted by Crippen LogP contribution is -2.30. The van der Waals surface area contributed by atoms with Crippen LogP contribution in [-0.2, 0) is 28.6 Å². The van der Waals surface area contributed by atoms with Crippen molar-refractivity contribution in [3.63, 3.8) is 0 Å². The molecule has 0 rings (SSSR count). The predicted molar refractivity (Wildman–Crippen MR) is 283 cm³/mol. The summed E-state index contributed by atoms with van der Waals surface area (Å²) in [4.78, 5) is 38.0. The van der Waals surface area contributed by atoms with Crippen LogP contribution in [0.25, 0.3) is 0 Å². The molecule has 0 radical (unpaired) electrons. The van der Waals surface area contributed by atoms with Crippen LogP contribution in [0.15, 0.2) is 109 Å². The van der Waals surface area contributed by atoms with Crippen LogP contribution < -0.4 is 0 Å². The first-order valence-electron chi connectivity index (χ1n) is 26.9. The molecule has 1 atom stereocenters. The van der Waals surface area contributed by atoms with Crippen LogP contribution >= 0.6 is 0 Å². The number of hydrogen-bond acceptors (Lipinski definition) is 6. The summed E-state index contributed by atoms with van der Waals surface area (Å²) in [5.41, 5.74) is 0. The van der Waals surface area contributed by atoms with Gasteiger partial charge >= 0.3 is 17.9 Å². The van der Waals surface area contributed by atoms with Crippen LogP contribution in [0.2, 0.25) is 0 Å². The zero-order valence-electron chi connectivity index (χ0n) is 42.7. The summed E-state index contributed by atoms with van der Waals surface area (Å²) in [7, 11) is 0. The molecular weight excluding hydrogens is 817 g/mol. The SMILES string of the molecule is CC\C=C/C=C\C=C/C=C\CCCCCC(=O)OCC(COC(=O)CCCCCCCCCCCCCCCCCCCC)OC(=O)CCC/C=C\C/C=C\C/C=C\C/C=C\C/C=C\CC. The van der Waals surface area contributed by atoms with Crippen LogP contribution in [-0.4, -0.2) is 37.2 Å². The molecule has 0 saturated carbocycles. The average molecular weight is 915 g/mol. The van der Waals surface area contributed by atoms with Gasteiger partial charge in [-0.05, 0) is 77.0 Å². The number of allylic oxidation sites excluding steroid dienone is 18. The second-order valence-corrected chi connectivity index (χ2v) is 17.5. The average Bonchev–Trinajstić information content (AvgIpc) is 3.31. The smallest absolute Gasteiger partial charge is 0.306 e. The Kier molecular flexibility index (Phi) is 50.5. The largest absolute Gasteiger partial charge is 0.462 e. The highest BCUT2D eigenvalue weighted by molar-refractivity contribution is 5.71. The maximum absolute atomic E-state index is 12.8. The lowest BCUT2D eigenvalue weighted by molar-refractivity contribution is -0.167. The molecule has 0 aromatic heterocycles. The van der Waals surface area contributed by atoms with E-state index in [-0.39, 0.29) is 37.5 Å². The lowest BCUT2D eigenvalue weighted by atomic mass is 10.0. The van der Waals surface area contributed by atoms with Crippen LogP contribution in [0, 0.1) is 0 Å². The minimum atomic E-state index is -0.824. The molecule has 0 spiro atoms. The quantitative estimate of drug-likeness (QED) is 0.0199. The minimum absolute atomic E-state index is 0.113. The predicted octanol–water partition coefficient (Wildman–Crippen LogP) is 17.9. The zero-order chi connectivity index (χ0) is 47.9. The highest BCUT2D eigenvalue weighted by Crippen LogP contribution is 2.15. The van der Waals surface area contributed by atoms with Gasteiger partial charge in [0.2, 0.25) is 0 Å². The molecule has 6 nitrogen and oxygen atoms in total. The maximum Gasteiger partial charge on any atom is 0.306 e. The van der Waals surface area contributed by atoms with E-state index in [4.69, 9.17) is 14.2 Å². The van der Waals surface area contributed by atoms with Gasteiger partial charge in [-0.2, -0.15) is 0 Å². The third-order valence-corrected chi connectivity index (χ3v) is 11.1. The number of esters is 3. The first-order valence-corrected chi connectivity index (χ1v) is 26.9. The molecule has 0 aromatic carbocycles. The van der Waals surface area contributed by atoms with Gasteiger partial charge in [-0.1, -0.05) is 246 Å². The van der Waals surface area contributed by atoms with E-state index in [9.17, 15) is 14.4 Å². The number of unbranched alkanes of at least 4 members (excludes halogenated alkanes) is 21. The second-order valence-electron chi connectivity index (χ2n) is 17.5. The molecule has 6 heteroatoms. The Balaban J connectivity index is 4.50.